The van der Waals surface area contributed by atoms with E-state index in [4.69, 9.17) is 0 Å². The van der Waals surface area contributed by atoms with Crippen LogP contribution in [0.15, 0.2) is 7.57 Å². The Kier molecular flexibility index (Phi) is 20.9. The summed E-state index contributed by atoms with van der Waals surface area (Å²) in [4.78, 5) is 3.43. The van der Waals surface area contributed by atoms with E-state index in [0.29, 0.717) is 0 Å². The fourth-order valence-electron chi connectivity index (χ4n) is 7.94. The number of fused-ring (bicyclic) bond motifs is 3. The van der Waals surface area contributed by atoms with E-state index in [1.165, 1.54) is 185 Å². The van der Waals surface area contributed by atoms with Gasteiger partial charge in [-0.05, 0) is 0 Å². The van der Waals surface area contributed by atoms with Crippen LogP contribution < -0.4 is 8.79 Å². The quantitative estimate of drug-likeness (QED) is 0.0591. The second-order valence-electron chi connectivity index (χ2n) is 14.3. The fraction of sp³-hybridized carbons (Fsp3) is 0.800. The normalized spacial score (nSPS) is 13.6. The Morgan fingerprint density at radius 3 is 1.00 bits per heavy atom. The second kappa shape index (κ2) is 23.3. The molecule has 0 saturated carbocycles. The Bertz CT molecular complexity index is 987. The van der Waals surface area contributed by atoms with E-state index in [0.717, 1.165) is 0 Å². The van der Waals surface area contributed by atoms with Gasteiger partial charge in [0.15, 0.2) is 0 Å². The molecule has 0 bridgehead atoms. The summed E-state index contributed by atoms with van der Waals surface area (Å²) in [5.41, 5.74) is 3.54. The van der Waals surface area contributed by atoms with Crippen LogP contribution in [0.1, 0.15) is 193 Å². The summed E-state index contributed by atoms with van der Waals surface area (Å²) >= 11 is 10.1. The molecule has 0 N–H and O–H groups in total. The van der Waals surface area contributed by atoms with Crippen LogP contribution in [0, 0.1) is 0 Å². The van der Waals surface area contributed by atoms with Crippen LogP contribution in [0.5, 0.6) is 0 Å². The molecule has 0 fully saturated rings. The molecular formula is C40H68Br2GeS2. The third-order valence-electron chi connectivity index (χ3n) is 10.6. The predicted molar refractivity (Wildman–Crippen MR) is 219 cm³/mol. The zero-order valence-corrected chi connectivity index (χ0v) is 36.8. The van der Waals surface area contributed by atoms with Gasteiger partial charge in [0, 0.05) is 0 Å². The van der Waals surface area contributed by atoms with Crippen molar-refractivity contribution < 1.29 is 0 Å². The zero-order chi connectivity index (χ0) is 32.3. The molecule has 0 saturated heterocycles. The molecule has 0 aliphatic carbocycles. The molecule has 2 aromatic heterocycles. The predicted octanol–water partition coefficient (Wildman–Crippen LogP) is 15.4. The van der Waals surface area contributed by atoms with Crippen molar-refractivity contribution in [3.05, 3.63) is 18.7 Å². The van der Waals surface area contributed by atoms with Gasteiger partial charge in [-0.1, -0.05) is 26.7 Å². The first-order chi connectivity index (χ1) is 22.1. The number of thiophene rings is 2. The summed E-state index contributed by atoms with van der Waals surface area (Å²) in [6.07, 6.45) is 36.6. The SMILES string of the molecule is CCCCCCCCCCCCc1c(Br)sc2[c]1[Ge]([CH2]CCC)([CH2]CCC)[c]1c-2sc(Br)c1CCCCCCCCCCCC. The average Bonchev–Trinajstić information content (AvgIpc) is 3.63. The molecule has 5 heteroatoms. The van der Waals surface area contributed by atoms with Crippen molar-refractivity contribution in [2.45, 2.75) is 205 Å². The molecule has 1 aliphatic heterocycles. The van der Waals surface area contributed by atoms with E-state index in [9.17, 15) is 0 Å². The summed E-state index contributed by atoms with van der Waals surface area (Å²) in [6, 6.07) is 0. The van der Waals surface area contributed by atoms with Crippen molar-refractivity contribution in [2.24, 2.45) is 0 Å². The third kappa shape index (κ3) is 12.0. The molecule has 0 aromatic carbocycles. The smallest absolute Gasteiger partial charge is 0.0654 e. The van der Waals surface area contributed by atoms with E-state index in [1.807, 2.05) is 8.79 Å². The Balaban J connectivity index is 1.69. The van der Waals surface area contributed by atoms with Gasteiger partial charge in [-0.2, -0.15) is 0 Å². The van der Waals surface area contributed by atoms with E-state index >= 15 is 0 Å². The third-order valence-corrected chi connectivity index (χ3v) is 26.8. The Hall–Kier alpha value is 0.903. The van der Waals surface area contributed by atoms with Gasteiger partial charge < -0.3 is 0 Å². The van der Waals surface area contributed by atoms with Crippen LogP contribution in [0.25, 0.3) is 9.75 Å². The maximum absolute atomic E-state index is 4.16. The first-order valence-electron chi connectivity index (χ1n) is 19.7. The molecule has 0 unspecified atom stereocenters. The van der Waals surface area contributed by atoms with Crippen LogP contribution >= 0.6 is 54.5 Å². The minimum atomic E-state index is -2.50. The van der Waals surface area contributed by atoms with Crippen molar-refractivity contribution in [1.82, 2.24) is 0 Å². The number of hydrogen-bond donors (Lipinski definition) is 0. The molecule has 0 nitrogen and oxygen atoms in total. The monoisotopic (exact) mass is 844 g/mol. The molecule has 0 spiro atoms. The molecule has 2 aromatic rings. The topological polar surface area (TPSA) is 0 Å². The van der Waals surface area contributed by atoms with Gasteiger partial charge in [0.05, 0.1) is 0 Å². The number of hydrogen-bond acceptors (Lipinski definition) is 2. The molecular weight excluding hydrogens is 777 g/mol. The Morgan fingerprint density at radius 2 is 0.689 bits per heavy atom. The van der Waals surface area contributed by atoms with Crippen LogP contribution in [0.4, 0.5) is 0 Å². The van der Waals surface area contributed by atoms with Crippen LogP contribution in [0.3, 0.4) is 0 Å². The number of unbranched alkanes of at least 4 members (excludes halogenated alkanes) is 20. The molecule has 1 aliphatic rings. The van der Waals surface area contributed by atoms with E-state index in [-0.39, 0.29) is 0 Å². The molecule has 45 heavy (non-hydrogen) atoms. The summed E-state index contributed by atoms with van der Waals surface area (Å²) in [6.45, 7) is 9.49. The first-order valence-corrected chi connectivity index (χ1v) is 28.0. The van der Waals surface area contributed by atoms with Gasteiger partial charge in [0.25, 0.3) is 0 Å². The Labute approximate surface area is 307 Å². The molecule has 3 rings (SSSR count). The maximum atomic E-state index is 4.16. The van der Waals surface area contributed by atoms with Crippen molar-refractivity contribution in [3.8, 4) is 9.75 Å². The molecule has 0 amide bonds. The van der Waals surface area contributed by atoms with E-state index in [1.54, 1.807) is 20.9 Å². The second-order valence-corrected chi connectivity index (χ2v) is 27.7. The van der Waals surface area contributed by atoms with Gasteiger partial charge in [0.1, 0.15) is 0 Å². The van der Waals surface area contributed by atoms with Crippen molar-refractivity contribution in [1.29, 1.82) is 0 Å². The fourth-order valence-corrected chi connectivity index (χ4v) is 29.0. The number of halogens is 2. The summed E-state index contributed by atoms with van der Waals surface area (Å²) < 4.78 is 6.89. The first kappa shape index (κ1) is 40.3. The molecule has 0 radical (unpaired) electrons. The van der Waals surface area contributed by atoms with Gasteiger partial charge in [-0.15, -0.1) is 0 Å². The Morgan fingerprint density at radius 1 is 0.400 bits per heavy atom. The molecule has 258 valence electrons. The standard InChI is InChI=1S/C40H68Br2GeS2/c1-5-9-13-15-17-19-21-23-25-27-29-33-35-37(44-39(33)41)38-36(43(35,31-11-7-3)32-12-8-4)34(40(42)45-38)30-28-26-24-22-20-18-16-14-10-6-2/h5-32H2,1-4H3. The van der Waals surface area contributed by atoms with Gasteiger partial charge in [-0.3, -0.25) is 0 Å². The average molecular weight is 846 g/mol. The van der Waals surface area contributed by atoms with E-state index in [2.05, 4.69) is 82.2 Å². The van der Waals surface area contributed by atoms with Gasteiger partial charge in [-0.25, -0.2) is 0 Å². The summed E-state index contributed by atoms with van der Waals surface area (Å²) in [7, 11) is 0. The van der Waals surface area contributed by atoms with Crippen LogP contribution in [0.2, 0.25) is 10.5 Å². The van der Waals surface area contributed by atoms with Crippen LogP contribution in [-0.2, 0) is 12.8 Å². The van der Waals surface area contributed by atoms with Gasteiger partial charge in [0.2, 0.25) is 0 Å². The molecule has 0 atom stereocenters. The van der Waals surface area contributed by atoms with Gasteiger partial charge >= 0.3 is 283 Å². The van der Waals surface area contributed by atoms with Crippen molar-refractivity contribution in [3.63, 3.8) is 0 Å². The minimum Gasteiger partial charge on any atom is -0.0654 e. The summed E-state index contributed by atoms with van der Waals surface area (Å²) in [5.74, 6) is 0. The van der Waals surface area contributed by atoms with E-state index < -0.39 is 13.3 Å². The van der Waals surface area contributed by atoms with Crippen LogP contribution in [-0.4, -0.2) is 13.3 Å². The number of rotatable bonds is 28. The van der Waals surface area contributed by atoms with Crippen molar-refractivity contribution >= 4 is 76.6 Å². The van der Waals surface area contributed by atoms with Crippen molar-refractivity contribution in [2.75, 3.05) is 0 Å². The molecule has 3 heterocycles. The zero-order valence-electron chi connectivity index (χ0n) is 29.9. The summed E-state index contributed by atoms with van der Waals surface area (Å²) in [5, 5.41) is 3.03. The minimum absolute atomic E-state index is 1.30.